The maximum atomic E-state index is 6.12. The van der Waals surface area contributed by atoms with Crippen LogP contribution in [0.25, 0.3) is 0 Å². The third-order valence-electron chi connectivity index (χ3n) is 4.51. The minimum atomic E-state index is 0.139. The molecule has 0 bridgehead atoms. The Bertz CT molecular complexity index is 590. The van der Waals surface area contributed by atoms with Crippen LogP contribution < -0.4 is 4.74 Å². The number of nitrogens with zero attached hydrogens (tertiary/aromatic N) is 2. The van der Waals surface area contributed by atoms with E-state index < -0.39 is 0 Å². The Morgan fingerprint density at radius 1 is 1.32 bits per heavy atom. The molecule has 1 aliphatic heterocycles. The van der Waals surface area contributed by atoms with Gasteiger partial charge in [-0.25, -0.2) is 0 Å². The van der Waals surface area contributed by atoms with Crippen LogP contribution in [0.15, 0.2) is 42.0 Å². The van der Waals surface area contributed by atoms with Gasteiger partial charge in [-0.15, -0.1) is 11.3 Å². The first-order chi connectivity index (χ1) is 10.9. The molecule has 5 heteroatoms. The first-order valence-corrected chi connectivity index (χ1v) is 8.73. The van der Waals surface area contributed by atoms with Gasteiger partial charge in [-0.05, 0) is 36.4 Å². The predicted molar refractivity (Wildman–Crippen MR) is 86.1 cm³/mol. The molecule has 1 saturated heterocycles. The summed E-state index contributed by atoms with van der Waals surface area (Å²) in [5, 5.41) is 2.15. The summed E-state index contributed by atoms with van der Waals surface area (Å²) in [4.78, 5) is 8.11. The van der Waals surface area contributed by atoms with E-state index in [1.165, 1.54) is 4.88 Å². The van der Waals surface area contributed by atoms with Gasteiger partial charge in [0.1, 0.15) is 18.0 Å². The summed E-state index contributed by atoms with van der Waals surface area (Å²) in [5.41, 5.74) is 0. The highest BCUT2D eigenvalue weighted by Crippen LogP contribution is 2.34. The topological polar surface area (TPSA) is 34.6 Å². The molecule has 3 atom stereocenters. The van der Waals surface area contributed by atoms with Crippen molar-refractivity contribution in [3.8, 4) is 5.75 Å². The minimum absolute atomic E-state index is 0.139. The van der Waals surface area contributed by atoms with E-state index >= 15 is 0 Å². The van der Waals surface area contributed by atoms with Crippen molar-refractivity contribution in [1.82, 2.24) is 9.88 Å². The Morgan fingerprint density at radius 3 is 3.14 bits per heavy atom. The fraction of sp³-hybridized carbons (Fsp3) is 0.471. The number of pyridine rings is 1. The maximum absolute atomic E-state index is 6.12. The predicted octanol–water partition coefficient (Wildman–Crippen LogP) is 2.95. The van der Waals surface area contributed by atoms with E-state index in [1.54, 1.807) is 12.4 Å². The molecule has 0 aromatic carbocycles. The van der Waals surface area contributed by atoms with E-state index in [9.17, 15) is 0 Å². The number of aromatic nitrogens is 1. The molecular formula is C17H20N2O2S. The van der Waals surface area contributed by atoms with E-state index in [0.29, 0.717) is 6.04 Å². The van der Waals surface area contributed by atoms with Crippen LogP contribution in [-0.4, -0.2) is 41.3 Å². The zero-order valence-corrected chi connectivity index (χ0v) is 13.2. The number of morpholine rings is 1. The van der Waals surface area contributed by atoms with E-state index in [1.807, 2.05) is 23.5 Å². The molecule has 1 aliphatic carbocycles. The molecule has 0 spiro atoms. The highest BCUT2D eigenvalue weighted by molar-refractivity contribution is 7.09. The Morgan fingerprint density at radius 2 is 2.32 bits per heavy atom. The van der Waals surface area contributed by atoms with Gasteiger partial charge in [0.2, 0.25) is 0 Å². The molecule has 2 aromatic rings. The number of ether oxygens (including phenoxy) is 2. The molecule has 116 valence electrons. The summed E-state index contributed by atoms with van der Waals surface area (Å²) in [6, 6.07) is 8.69. The SMILES string of the molecule is c1cncc(O[C@H]2CC[C@H]3[C@H]2OCCN3Cc2cccs2)c1. The quantitative estimate of drug-likeness (QED) is 0.868. The molecule has 1 saturated carbocycles. The lowest BCUT2D eigenvalue weighted by atomic mass is 10.1. The lowest BCUT2D eigenvalue weighted by Gasteiger charge is -2.38. The summed E-state index contributed by atoms with van der Waals surface area (Å²) >= 11 is 1.83. The van der Waals surface area contributed by atoms with Crippen molar-refractivity contribution < 1.29 is 9.47 Å². The summed E-state index contributed by atoms with van der Waals surface area (Å²) in [6.45, 7) is 2.83. The van der Waals surface area contributed by atoms with Crippen molar-refractivity contribution in [3.63, 3.8) is 0 Å². The van der Waals surface area contributed by atoms with Gasteiger partial charge in [0, 0.05) is 30.2 Å². The molecule has 2 fully saturated rings. The average Bonchev–Trinajstić information content (AvgIpc) is 3.19. The van der Waals surface area contributed by atoms with Crippen LogP contribution in [0.4, 0.5) is 0 Å². The number of fused-ring (bicyclic) bond motifs is 1. The molecule has 0 amide bonds. The molecule has 0 radical (unpaired) electrons. The van der Waals surface area contributed by atoms with Gasteiger partial charge in [-0.2, -0.15) is 0 Å². The molecule has 2 aliphatic rings. The number of rotatable bonds is 4. The number of hydrogen-bond donors (Lipinski definition) is 0. The van der Waals surface area contributed by atoms with Crippen LogP contribution in [0.3, 0.4) is 0 Å². The summed E-state index contributed by atoms with van der Waals surface area (Å²) in [6.07, 6.45) is 6.05. The van der Waals surface area contributed by atoms with Crippen LogP contribution in [0.5, 0.6) is 5.75 Å². The monoisotopic (exact) mass is 316 g/mol. The van der Waals surface area contributed by atoms with Crippen LogP contribution in [0.2, 0.25) is 0 Å². The standard InChI is InChI=1S/C17H20N2O2S/c1-3-13(11-18-7-1)21-16-6-5-15-17(16)20-9-8-19(15)12-14-4-2-10-22-14/h1-4,7,10-11,15-17H,5-6,8-9,12H2/t15-,16-,17+/m0/s1. The van der Waals surface area contributed by atoms with E-state index in [4.69, 9.17) is 9.47 Å². The average molecular weight is 316 g/mol. The fourth-order valence-electron chi connectivity index (χ4n) is 3.51. The Balaban J connectivity index is 1.44. The second-order valence-corrected chi connectivity index (χ2v) is 6.91. The minimum Gasteiger partial charge on any atom is -0.486 e. The van der Waals surface area contributed by atoms with Gasteiger partial charge >= 0.3 is 0 Å². The summed E-state index contributed by atoms with van der Waals surface area (Å²) in [5.74, 6) is 0.840. The van der Waals surface area contributed by atoms with Gasteiger partial charge in [0.15, 0.2) is 0 Å². The van der Waals surface area contributed by atoms with E-state index in [-0.39, 0.29) is 12.2 Å². The third kappa shape index (κ3) is 2.89. The highest BCUT2D eigenvalue weighted by Gasteiger charge is 2.44. The van der Waals surface area contributed by atoms with Gasteiger partial charge < -0.3 is 9.47 Å². The lowest BCUT2D eigenvalue weighted by Crippen LogP contribution is -2.51. The smallest absolute Gasteiger partial charge is 0.138 e. The summed E-state index contributed by atoms with van der Waals surface area (Å²) < 4.78 is 12.2. The third-order valence-corrected chi connectivity index (χ3v) is 5.37. The second kappa shape index (κ2) is 6.36. The van der Waals surface area contributed by atoms with Crippen molar-refractivity contribution in [1.29, 1.82) is 0 Å². The number of hydrogen-bond acceptors (Lipinski definition) is 5. The first-order valence-electron chi connectivity index (χ1n) is 7.85. The molecular weight excluding hydrogens is 296 g/mol. The van der Waals surface area contributed by atoms with E-state index in [0.717, 1.165) is 38.3 Å². The Kier molecular flexibility index (Phi) is 4.10. The molecule has 4 nitrogen and oxygen atoms in total. The zero-order valence-electron chi connectivity index (χ0n) is 12.4. The molecule has 4 rings (SSSR count). The van der Waals surface area contributed by atoms with Crippen LogP contribution in [-0.2, 0) is 11.3 Å². The molecule has 2 aromatic heterocycles. The number of thiophene rings is 1. The normalized spacial score (nSPS) is 28.5. The Labute approximate surface area is 134 Å². The van der Waals surface area contributed by atoms with Crippen LogP contribution >= 0.6 is 11.3 Å². The van der Waals surface area contributed by atoms with Crippen molar-refractivity contribution >= 4 is 11.3 Å². The van der Waals surface area contributed by atoms with Gasteiger partial charge in [0.05, 0.1) is 12.8 Å². The molecule has 22 heavy (non-hydrogen) atoms. The van der Waals surface area contributed by atoms with Crippen molar-refractivity contribution in [3.05, 3.63) is 46.9 Å². The van der Waals surface area contributed by atoms with Gasteiger partial charge in [-0.3, -0.25) is 9.88 Å². The van der Waals surface area contributed by atoms with Gasteiger partial charge in [-0.1, -0.05) is 6.07 Å². The van der Waals surface area contributed by atoms with Crippen LogP contribution in [0, 0.1) is 0 Å². The zero-order chi connectivity index (χ0) is 14.8. The highest BCUT2D eigenvalue weighted by atomic mass is 32.1. The second-order valence-electron chi connectivity index (χ2n) is 5.87. The molecule has 0 N–H and O–H groups in total. The van der Waals surface area contributed by atoms with Crippen molar-refractivity contribution in [2.75, 3.05) is 13.2 Å². The van der Waals surface area contributed by atoms with Crippen molar-refractivity contribution in [2.24, 2.45) is 0 Å². The Hall–Kier alpha value is -1.43. The maximum Gasteiger partial charge on any atom is 0.138 e. The molecule has 3 heterocycles. The van der Waals surface area contributed by atoms with Gasteiger partial charge in [0.25, 0.3) is 0 Å². The summed E-state index contributed by atoms with van der Waals surface area (Å²) in [7, 11) is 0. The largest absolute Gasteiger partial charge is 0.486 e. The lowest BCUT2D eigenvalue weighted by molar-refractivity contribution is -0.0914. The fourth-order valence-corrected chi connectivity index (χ4v) is 4.24. The van der Waals surface area contributed by atoms with Crippen LogP contribution in [0.1, 0.15) is 17.7 Å². The molecule has 0 unspecified atom stereocenters. The van der Waals surface area contributed by atoms with E-state index in [2.05, 4.69) is 27.4 Å². The van der Waals surface area contributed by atoms with Crippen molar-refractivity contribution in [2.45, 2.75) is 37.6 Å². The first kappa shape index (κ1) is 14.2.